The topological polar surface area (TPSA) is 197 Å². The fraction of sp³-hybridized carbons (Fsp3) is 0.429. The molecule has 2 fully saturated rings. The normalized spacial score (nSPS) is 22.4. The van der Waals surface area contributed by atoms with Crippen LogP contribution in [0, 0.1) is 0 Å². The number of rotatable bonds is 12. The van der Waals surface area contributed by atoms with Gasteiger partial charge < -0.3 is 15.2 Å². The van der Waals surface area contributed by atoms with Gasteiger partial charge in [0.05, 0.1) is 18.2 Å². The van der Waals surface area contributed by atoms with Crippen molar-refractivity contribution in [1.82, 2.24) is 20.1 Å². The Kier molecular flexibility index (Phi) is 11.3. The molecule has 1 aliphatic carbocycles. The summed E-state index contributed by atoms with van der Waals surface area (Å²) in [6.45, 7) is 2.82. The molecule has 2 aliphatic heterocycles. The lowest BCUT2D eigenvalue weighted by molar-refractivity contribution is -0.176. The van der Waals surface area contributed by atoms with E-state index in [9.17, 15) is 42.3 Å². The number of fused-ring (bicyclic) bond motifs is 1. The third-order valence-corrected chi connectivity index (χ3v) is 7.51. The van der Waals surface area contributed by atoms with E-state index in [-0.39, 0.29) is 31.4 Å². The van der Waals surface area contributed by atoms with Crippen molar-refractivity contribution in [3.8, 4) is 0 Å². The number of ether oxygens (including phenoxy) is 1. The van der Waals surface area contributed by atoms with Crippen LogP contribution < -0.4 is 10.0 Å². The number of sulfonamides is 1. The first kappa shape index (κ1) is 33.1. The summed E-state index contributed by atoms with van der Waals surface area (Å²) in [5, 5.41) is 13.7. The van der Waals surface area contributed by atoms with Gasteiger partial charge in [-0.3, -0.25) is 29.0 Å². The number of hydrogen-bond donors (Lipinski definition) is 3. The van der Waals surface area contributed by atoms with E-state index in [0.29, 0.717) is 18.4 Å². The van der Waals surface area contributed by atoms with Gasteiger partial charge in [0.2, 0.25) is 21.8 Å². The summed E-state index contributed by atoms with van der Waals surface area (Å²) in [5.74, 6) is -5.43. The van der Waals surface area contributed by atoms with Crippen LogP contribution in [0.15, 0.2) is 60.3 Å². The predicted octanol–water partition coefficient (Wildman–Crippen LogP) is 0.0593. The van der Waals surface area contributed by atoms with Gasteiger partial charge in [0, 0.05) is 13.0 Å². The van der Waals surface area contributed by atoms with Gasteiger partial charge in [0.25, 0.3) is 5.91 Å². The maximum Gasteiger partial charge on any atom is 0.338 e. The average molecular weight is 619 g/mol. The van der Waals surface area contributed by atoms with E-state index in [1.807, 2.05) is 6.08 Å². The molecule has 0 bridgehead atoms. The van der Waals surface area contributed by atoms with E-state index in [1.54, 1.807) is 18.2 Å². The molecule has 3 N–H and O–H groups in total. The van der Waals surface area contributed by atoms with Crippen LogP contribution in [-0.4, -0.2) is 96.5 Å². The molecule has 15 heteroatoms. The highest BCUT2D eigenvalue weighted by Gasteiger charge is 2.45. The third-order valence-electron chi connectivity index (χ3n) is 6.80. The quantitative estimate of drug-likeness (QED) is 0.153. The van der Waals surface area contributed by atoms with Crippen LogP contribution >= 0.6 is 0 Å². The molecule has 3 atom stereocenters. The molecule has 0 aromatic rings. The number of nitrogens with zero attached hydrogens (tertiary/aromatic N) is 2. The summed E-state index contributed by atoms with van der Waals surface area (Å²) in [6.07, 6.45) is 12.0. The maximum atomic E-state index is 13.4. The van der Waals surface area contributed by atoms with Crippen molar-refractivity contribution in [1.29, 1.82) is 0 Å². The van der Waals surface area contributed by atoms with Crippen molar-refractivity contribution in [2.45, 2.75) is 56.7 Å². The summed E-state index contributed by atoms with van der Waals surface area (Å²) >= 11 is 0. The van der Waals surface area contributed by atoms with Gasteiger partial charge in [-0.05, 0) is 37.3 Å². The average Bonchev–Trinajstić information content (AvgIpc) is 3.07. The zero-order valence-electron chi connectivity index (χ0n) is 23.6. The number of nitrogens with one attached hydrogen (secondary N) is 2. The number of esters is 1. The molecule has 0 saturated carbocycles. The van der Waals surface area contributed by atoms with E-state index in [2.05, 4.69) is 16.6 Å². The minimum atomic E-state index is -3.84. The number of ketones is 1. The Labute approximate surface area is 248 Å². The molecule has 43 heavy (non-hydrogen) atoms. The summed E-state index contributed by atoms with van der Waals surface area (Å²) < 4.78 is 31.0. The van der Waals surface area contributed by atoms with E-state index in [4.69, 9.17) is 4.74 Å². The van der Waals surface area contributed by atoms with Crippen molar-refractivity contribution in [3.05, 3.63) is 60.3 Å². The second-order valence-electron chi connectivity index (χ2n) is 10.1. The summed E-state index contributed by atoms with van der Waals surface area (Å²) in [5.41, 5.74) is 0.784. The van der Waals surface area contributed by atoms with Crippen LogP contribution in [0.25, 0.3) is 0 Å². The molecule has 2 heterocycles. The standard InChI is InChI=1S/C28H34N4O10S/c1-3-4-11-19(18-9-6-5-7-10-18)28(39)42-17-23(33)21(16-25(35)36)29-26(37)22-12-8-15-31-24(34)14-13-20(27(38)32(22)31)30-43(2,40)41/h3-7,9,11,20-22,30H,1,8,10,12-17H2,2H3,(H,29,37)(H,35,36)/b11-4+,19-18-. The Bertz CT molecular complexity index is 1410. The lowest BCUT2D eigenvalue weighted by Crippen LogP contribution is -2.64. The Morgan fingerprint density at radius 2 is 1.95 bits per heavy atom. The Morgan fingerprint density at radius 3 is 2.58 bits per heavy atom. The van der Waals surface area contributed by atoms with Crippen LogP contribution in [-0.2, 0) is 43.5 Å². The molecule has 232 valence electrons. The van der Waals surface area contributed by atoms with E-state index in [1.165, 1.54) is 18.2 Å². The van der Waals surface area contributed by atoms with Gasteiger partial charge in [-0.15, -0.1) is 0 Å². The Balaban J connectivity index is 1.78. The van der Waals surface area contributed by atoms with Crippen molar-refractivity contribution in [3.63, 3.8) is 0 Å². The van der Waals surface area contributed by atoms with Gasteiger partial charge >= 0.3 is 11.9 Å². The van der Waals surface area contributed by atoms with Crippen LogP contribution in [0.5, 0.6) is 0 Å². The fourth-order valence-corrected chi connectivity index (χ4v) is 5.56. The number of carbonyl (C=O) groups excluding carboxylic acids is 5. The molecule has 2 saturated heterocycles. The number of hydrazine groups is 1. The number of amides is 3. The number of allylic oxidation sites excluding steroid dienone is 7. The summed E-state index contributed by atoms with van der Waals surface area (Å²) in [4.78, 5) is 76.9. The van der Waals surface area contributed by atoms with Crippen molar-refractivity contribution < 1.29 is 47.0 Å². The van der Waals surface area contributed by atoms with Gasteiger partial charge in [0.15, 0.2) is 12.4 Å². The van der Waals surface area contributed by atoms with Crippen LogP contribution in [0.1, 0.15) is 38.5 Å². The smallest absolute Gasteiger partial charge is 0.338 e. The molecule has 3 rings (SSSR count). The molecular formula is C28H34N4O10S. The summed E-state index contributed by atoms with van der Waals surface area (Å²) in [6, 6.07) is -4.26. The molecule has 0 spiro atoms. The van der Waals surface area contributed by atoms with Gasteiger partial charge in [-0.25, -0.2) is 22.9 Å². The minimum absolute atomic E-state index is 0.0600. The molecule has 3 amide bonds. The van der Waals surface area contributed by atoms with Gasteiger partial charge in [-0.2, -0.15) is 0 Å². The van der Waals surface area contributed by atoms with Crippen LogP contribution in [0.2, 0.25) is 0 Å². The van der Waals surface area contributed by atoms with E-state index < -0.39 is 76.6 Å². The highest BCUT2D eigenvalue weighted by molar-refractivity contribution is 7.88. The first-order valence-electron chi connectivity index (χ1n) is 13.5. The zero-order valence-corrected chi connectivity index (χ0v) is 24.4. The van der Waals surface area contributed by atoms with Crippen LogP contribution in [0.3, 0.4) is 0 Å². The number of carboxylic acid groups (broad SMARTS) is 1. The molecule has 0 radical (unpaired) electrons. The highest BCUT2D eigenvalue weighted by Crippen LogP contribution is 2.25. The van der Waals surface area contributed by atoms with Crippen molar-refractivity contribution in [2.24, 2.45) is 0 Å². The third kappa shape index (κ3) is 9.06. The second kappa shape index (κ2) is 14.7. The maximum absolute atomic E-state index is 13.4. The molecule has 3 unspecified atom stereocenters. The largest absolute Gasteiger partial charge is 0.481 e. The fourth-order valence-electron chi connectivity index (χ4n) is 4.83. The zero-order chi connectivity index (χ0) is 31.7. The number of carboxylic acids is 1. The van der Waals surface area contributed by atoms with Crippen molar-refractivity contribution >= 4 is 45.5 Å². The minimum Gasteiger partial charge on any atom is -0.481 e. The Morgan fingerprint density at radius 1 is 1.21 bits per heavy atom. The SMILES string of the molecule is C=C/C=C/C(C(=O)OCC(=O)C(CC(=O)O)NC(=O)C1CCCN2C(=O)CCC(NS(C)(=O)=O)C(=O)N12)=C1\C=CC=CC1. The molecular weight excluding hydrogens is 584 g/mol. The van der Waals surface area contributed by atoms with Gasteiger partial charge in [-0.1, -0.05) is 43.0 Å². The lowest BCUT2D eigenvalue weighted by Gasteiger charge is -2.43. The Hall–Kier alpha value is -4.37. The van der Waals surface area contributed by atoms with Crippen molar-refractivity contribution in [2.75, 3.05) is 19.4 Å². The first-order valence-corrected chi connectivity index (χ1v) is 15.4. The molecule has 0 aromatic carbocycles. The molecule has 0 aromatic heterocycles. The highest BCUT2D eigenvalue weighted by atomic mass is 32.2. The van der Waals surface area contributed by atoms with Crippen LogP contribution in [0.4, 0.5) is 0 Å². The molecule has 14 nitrogen and oxygen atoms in total. The first-order chi connectivity index (χ1) is 20.3. The number of hydrogen-bond acceptors (Lipinski definition) is 9. The van der Waals surface area contributed by atoms with E-state index >= 15 is 0 Å². The monoisotopic (exact) mass is 618 g/mol. The van der Waals surface area contributed by atoms with Gasteiger partial charge in [0.1, 0.15) is 18.1 Å². The summed E-state index contributed by atoms with van der Waals surface area (Å²) in [7, 11) is -3.84. The second-order valence-corrected chi connectivity index (χ2v) is 11.8. The molecule has 3 aliphatic rings. The van der Waals surface area contributed by atoms with E-state index in [0.717, 1.165) is 16.3 Å². The number of carbonyl (C=O) groups is 6. The predicted molar refractivity (Wildman–Crippen MR) is 152 cm³/mol. The number of aliphatic carboxylic acids is 1. The number of Topliss-reactive ketones (excluding diaryl/α,β-unsaturated/α-hetero) is 1. The lowest BCUT2D eigenvalue weighted by atomic mass is 10.0.